The summed E-state index contributed by atoms with van der Waals surface area (Å²) in [5, 5.41) is 2.32. The van der Waals surface area contributed by atoms with Gasteiger partial charge in [0.05, 0.1) is 12.5 Å². The predicted molar refractivity (Wildman–Crippen MR) is 126 cm³/mol. The van der Waals surface area contributed by atoms with E-state index in [-0.39, 0.29) is 22.7 Å². The lowest BCUT2D eigenvalue weighted by atomic mass is 9.62. The number of rotatable bonds is 3. The maximum Gasteiger partial charge on any atom is 0.313 e. The van der Waals surface area contributed by atoms with Crippen LogP contribution in [0.4, 0.5) is 5.69 Å². The van der Waals surface area contributed by atoms with Crippen LogP contribution in [0, 0.1) is 5.92 Å². The van der Waals surface area contributed by atoms with Gasteiger partial charge in [-0.3, -0.25) is 4.79 Å². The third kappa shape index (κ3) is 3.55. The molecule has 3 nitrogen and oxygen atoms in total. The van der Waals surface area contributed by atoms with Gasteiger partial charge in [0.2, 0.25) is 0 Å². The molecule has 2 N–H and O–H groups in total. The van der Waals surface area contributed by atoms with Crippen LogP contribution in [0.25, 0.3) is 16.3 Å². The zero-order chi connectivity index (χ0) is 21.7. The SMILES string of the molecule is CCOC(=O)C1C=CC(c2cc(N)c3cc4c(cc3c2)C(C)(C)CCC4(C)C)=CC1. The summed E-state index contributed by atoms with van der Waals surface area (Å²) < 4.78 is 5.15. The van der Waals surface area contributed by atoms with Gasteiger partial charge in [0, 0.05) is 11.1 Å². The number of hydrogen-bond acceptors (Lipinski definition) is 3. The topological polar surface area (TPSA) is 52.3 Å². The van der Waals surface area contributed by atoms with Crippen molar-refractivity contribution < 1.29 is 9.53 Å². The molecule has 0 heterocycles. The summed E-state index contributed by atoms with van der Waals surface area (Å²) in [5.74, 6) is -0.347. The number of fused-ring (bicyclic) bond motifs is 2. The minimum Gasteiger partial charge on any atom is -0.466 e. The van der Waals surface area contributed by atoms with Gasteiger partial charge < -0.3 is 10.5 Å². The Kier molecular flexibility index (Phi) is 5.04. The third-order valence-corrected chi connectivity index (χ3v) is 6.98. The lowest BCUT2D eigenvalue weighted by Crippen LogP contribution is -2.33. The van der Waals surface area contributed by atoms with E-state index in [4.69, 9.17) is 10.5 Å². The molecule has 4 rings (SSSR count). The first-order valence-electron chi connectivity index (χ1n) is 11.1. The van der Waals surface area contributed by atoms with Crippen molar-refractivity contribution in [3.05, 3.63) is 59.2 Å². The molecule has 0 amide bonds. The Morgan fingerprint density at radius 1 is 1.07 bits per heavy atom. The molecular formula is C27H33NO2. The molecule has 0 fully saturated rings. The third-order valence-electron chi connectivity index (χ3n) is 6.98. The molecule has 2 aliphatic carbocycles. The van der Waals surface area contributed by atoms with E-state index in [1.54, 1.807) is 0 Å². The van der Waals surface area contributed by atoms with E-state index in [1.807, 2.05) is 19.1 Å². The van der Waals surface area contributed by atoms with Crippen LogP contribution in [0.1, 0.15) is 70.6 Å². The van der Waals surface area contributed by atoms with Gasteiger partial charge in [-0.25, -0.2) is 0 Å². The standard InChI is InChI=1S/C27H33NO2/c1-6-30-25(29)18-9-7-17(8-10-18)19-13-20-14-22-23(16-21(20)24(28)15-19)27(4,5)12-11-26(22,2)3/h7-9,13-16,18H,6,10-12,28H2,1-5H3. The second-order valence-electron chi connectivity index (χ2n) is 10.1. The molecule has 0 aromatic heterocycles. The van der Waals surface area contributed by atoms with Gasteiger partial charge in [-0.15, -0.1) is 0 Å². The van der Waals surface area contributed by atoms with Crippen LogP contribution in [0.5, 0.6) is 0 Å². The number of nitrogens with two attached hydrogens (primary N) is 1. The van der Waals surface area contributed by atoms with E-state index in [9.17, 15) is 4.79 Å². The van der Waals surface area contributed by atoms with E-state index in [0.29, 0.717) is 13.0 Å². The highest BCUT2D eigenvalue weighted by Gasteiger charge is 2.37. The van der Waals surface area contributed by atoms with Gasteiger partial charge in [0.15, 0.2) is 0 Å². The zero-order valence-corrected chi connectivity index (χ0v) is 18.8. The van der Waals surface area contributed by atoms with Crippen LogP contribution in [-0.2, 0) is 20.4 Å². The van der Waals surface area contributed by atoms with Crippen LogP contribution in [0.3, 0.4) is 0 Å². The maximum absolute atomic E-state index is 12.0. The molecule has 0 spiro atoms. The number of hydrogen-bond donors (Lipinski definition) is 1. The summed E-state index contributed by atoms with van der Waals surface area (Å²) in [6.45, 7) is 11.6. The van der Waals surface area contributed by atoms with Crippen molar-refractivity contribution in [2.24, 2.45) is 5.92 Å². The number of allylic oxidation sites excluding steroid dienone is 3. The number of benzene rings is 2. The first kappa shape index (κ1) is 20.7. The number of carbonyl (C=O) groups is 1. The number of carbonyl (C=O) groups excluding carboxylic acids is 1. The number of esters is 1. The molecule has 2 aromatic rings. The Labute approximate surface area is 180 Å². The second-order valence-corrected chi connectivity index (χ2v) is 10.1. The quantitative estimate of drug-likeness (QED) is 0.484. The molecule has 1 unspecified atom stereocenters. The van der Waals surface area contributed by atoms with E-state index < -0.39 is 0 Å². The van der Waals surface area contributed by atoms with Gasteiger partial charge >= 0.3 is 5.97 Å². The molecule has 3 heteroatoms. The van der Waals surface area contributed by atoms with Crippen LogP contribution in [0.15, 0.2) is 42.5 Å². The molecule has 158 valence electrons. The fraction of sp³-hybridized carbons (Fsp3) is 0.444. The van der Waals surface area contributed by atoms with E-state index >= 15 is 0 Å². The summed E-state index contributed by atoms with van der Waals surface area (Å²) in [5.41, 5.74) is 12.8. The summed E-state index contributed by atoms with van der Waals surface area (Å²) in [7, 11) is 0. The van der Waals surface area contributed by atoms with Crippen LogP contribution in [-0.4, -0.2) is 12.6 Å². The predicted octanol–water partition coefficient (Wildman–Crippen LogP) is 6.29. The van der Waals surface area contributed by atoms with E-state index in [1.165, 1.54) is 29.4 Å². The highest BCUT2D eigenvalue weighted by atomic mass is 16.5. The van der Waals surface area contributed by atoms with Crippen LogP contribution in [0.2, 0.25) is 0 Å². The number of anilines is 1. The highest BCUT2D eigenvalue weighted by Crippen LogP contribution is 2.47. The number of nitrogen functional groups attached to an aromatic ring is 1. The Bertz CT molecular complexity index is 1070. The molecule has 0 saturated carbocycles. The van der Waals surface area contributed by atoms with E-state index in [0.717, 1.165) is 22.2 Å². The van der Waals surface area contributed by atoms with Crippen molar-refractivity contribution in [1.82, 2.24) is 0 Å². The lowest BCUT2D eigenvalue weighted by Gasteiger charge is -2.42. The van der Waals surface area contributed by atoms with Gasteiger partial charge in [-0.2, -0.15) is 0 Å². The monoisotopic (exact) mass is 403 g/mol. The Balaban J connectivity index is 1.75. The minimum absolute atomic E-state index is 0.154. The van der Waals surface area contributed by atoms with Crippen molar-refractivity contribution in [3.8, 4) is 0 Å². The first-order valence-corrected chi connectivity index (χ1v) is 11.1. The largest absolute Gasteiger partial charge is 0.466 e. The fourth-order valence-corrected chi connectivity index (χ4v) is 4.88. The average molecular weight is 404 g/mol. The van der Waals surface area contributed by atoms with Gasteiger partial charge in [-0.05, 0) is 82.9 Å². The molecule has 30 heavy (non-hydrogen) atoms. The fourth-order valence-electron chi connectivity index (χ4n) is 4.88. The maximum atomic E-state index is 12.0. The molecular weight excluding hydrogens is 370 g/mol. The van der Waals surface area contributed by atoms with Gasteiger partial charge in [0.1, 0.15) is 0 Å². The molecule has 0 aliphatic heterocycles. The summed E-state index contributed by atoms with van der Waals surface area (Å²) in [6.07, 6.45) is 9.14. The molecule has 0 radical (unpaired) electrons. The second kappa shape index (κ2) is 7.30. The van der Waals surface area contributed by atoms with Crippen molar-refractivity contribution in [1.29, 1.82) is 0 Å². The zero-order valence-electron chi connectivity index (χ0n) is 18.8. The van der Waals surface area contributed by atoms with Gasteiger partial charge in [-0.1, -0.05) is 52.0 Å². The smallest absolute Gasteiger partial charge is 0.313 e. The van der Waals surface area contributed by atoms with Crippen LogP contribution < -0.4 is 5.73 Å². The first-order chi connectivity index (χ1) is 14.1. The molecule has 0 saturated heterocycles. The van der Waals surface area contributed by atoms with E-state index in [2.05, 4.69) is 58.0 Å². The average Bonchev–Trinajstić information content (AvgIpc) is 2.71. The molecule has 0 bridgehead atoms. The lowest BCUT2D eigenvalue weighted by molar-refractivity contribution is -0.146. The van der Waals surface area contributed by atoms with Gasteiger partial charge in [0.25, 0.3) is 0 Å². The molecule has 2 aliphatic rings. The van der Waals surface area contributed by atoms with Crippen molar-refractivity contribution >= 4 is 28.0 Å². The Morgan fingerprint density at radius 2 is 1.73 bits per heavy atom. The number of ether oxygens (including phenoxy) is 1. The molecule has 2 aromatic carbocycles. The normalized spacial score (nSPS) is 21.8. The minimum atomic E-state index is -0.193. The summed E-state index contributed by atoms with van der Waals surface area (Å²) >= 11 is 0. The van der Waals surface area contributed by atoms with Crippen molar-refractivity contribution in [2.45, 2.75) is 64.7 Å². The Morgan fingerprint density at radius 3 is 2.33 bits per heavy atom. The van der Waals surface area contributed by atoms with Crippen LogP contribution >= 0.6 is 0 Å². The highest BCUT2D eigenvalue weighted by molar-refractivity contribution is 5.98. The van der Waals surface area contributed by atoms with Crippen molar-refractivity contribution in [3.63, 3.8) is 0 Å². The summed E-state index contributed by atoms with van der Waals surface area (Å²) in [4.78, 5) is 12.0. The summed E-state index contributed by atoms with van der Waals surface area (Å²) in [6, 6.07) is 8.99. The molecule has 1 atom stereocenters. The Hall–Kier alpha value is -2.55. The van der Waals surface area contributed by atoms with Crippen molar-refractivity contribution in [2.75, 3.05) is 12.3 Å².